The van der Waals surface area contributed by atoms with Crippen molar-refractivity contribution in [1.29, 1.82) is 0 Å². The number of fused-ring (bicyclic) bond motifs is 1. The van der Waals surface area contributed by atoms with Gasteiger partial charge in [0.15, 0.2) is 0 Å². The van der Waals surface area contributed by atoms with Crippen LogP contribution in [0.3, 0.4) is 0 Å². The first kappa shape index (κ1) is 12.4. The largest absolute Gasteiger partial charge is 0.351 e. The molecule has 20 heavy (non-hydrogen) atoms. The van der Waals surface area contributed by atoms with Gasteiger partial charge in [0.1, 0.15) is 5.69 Å². The van der Waals surface area contributed by atoms with Crippen molar-refractivity contribution in [2.45, 2.75) is 6.54 Å². The Hall–Kier alpha value is -2.62. The Morgan fingerprint density at radius 2 is 2.00 bits per heavy atom. The van der Waals surface area contributed by atoms with Crippen molar-refractivity contribution in [3.8, 4) is 0 Å². The third-order valence-electron chi connectivity index (χ3n) is 3.23. The molecule has 4 heteroatoms. The number of carbonyl (C=O) groups excluding carboxylic acids is 1. The van der Waals surface area contributed by atoms with Gasteiger partial charge in [-0.3, -0.25) is 9.78 Å². The van der Waals surface area contributed by atoms with Crippen LogP contribution in [0, 0.1) is 0 Å². The molecule has 0 radical (unpaired) electrons. The summed E-state index contributed by atoms with van der Waals surface area (Å²) in [6, 6.07) is 15.4. The minimum Gasteiger partial charge on any atom is -0.351 e. The summed E-state index contributed by atoms with van der Waals surface area (Å²) in [5, 5.41) is 1.04. The number of pyridine rings is 1. The molecule has 1 N–H and O–H groups in total. The van der Waals surface area contributed by atoms with E-state index in [1.807, 2.05) is 48.5 Å². The molecule has 100 valence electrons. The number of nitrogens with zero attached hydrogens (tertiary/aromatic N) is 2. The number of amides is 1. The van der Waals surface area contributed by atoms with Gasteiger partial charge in [-0.15, -0.1) is 0 Å². The molecule has 1 aromatic carbocycles. The lowest BCUT2D eigenvalue weighted by Crippen LogP contribution is -2.26. The van der Waals surface area contributed by atoms with E-state index >= 15 is 0 Å². The first-order valence-electron chi connectivity index (χ1n) is 6.47. The van der Waals surface area contributed by atoms with E-state index in [4.69, 9.17) is 0 Å². The Morgan fingerprint density at radius 1 is 1.20 bits per heavy atom. The number of benzene rings is 1. The number of H-pyrrole nitrogens is 1. The van der Waals surface area contributed by atoms with Gasteiger partial charge in [0.25, 0.3) is 5.91 Å². The lowest BCUT2D eigenvalue weighted by Gasteiger charge is -2.15. The van der Waals surface area contributed by atoms with Crippen molar-refractivity contribution < 1.29 is 4.79 Å². The van der Waals surface area contributed by atoms with Crippen LogP contribution in [-0.4, -0.2) is 27.8 Å². The molecule has 0 saturated heterocycles. The zero-order valence-corrected chi connectivity index (χ0v) is 11.2. The van der Waals surface area contributed by atoms with E-state index in [2.05, 4.69) is 9.97 Å². The fraction of sp³-hybridized carbons (Fsp3) is 0.125. The fourth-order valence-corrected chi connectivity index (χ4v) is 2.20. The molecule has 0 fully saturated rings. The molecule has 3 rings (SSSR count). The average Bonchev–Trinajstić information content (AvgIpc) is 2.91. The Labute approximate surface area is 117 Å². The van der Waals surface area contributed by atoms with Crippen molar-refractivity contribution in [3.63, 3.8) is 0 Å². The Bertz CT molecular complexity index is 701. The minimum atomic E-state index is -0.0353. The molecule has 2 heterocycles. The van der Waals surface area contributed by atoms with Crippen molar-refractivity contribution in [3.05, 3.63) is 66.1 Å². The van der Waals surface area contributed by atoms with Crippen LogP contribution in [0.1, 0.15) is 16.2 Å². The quantitative estimate of drug-likeness (QED) is 0.791. The number of rotatable bonds is 3. The van der Waals surface area contributed by atoms with E-state index < -0.39 is 0 Å². The summed E-state index contributed by atoms with van der Waals surface area (Å²) in [6.45, 7) is 0.495. The second-order valence-electron chi connectivity index (χ2n) is 4.75. The predicted octanol–water partition coefficient (Wildman–Crippen LogP) is 2.84. The van der Waals surface area contributed by atoms with E-state index in [0.29, 0.717) is 12.2 Å². The van der Waals surface area contributed by atoms with Gasteiger partial charge in [-0.05, 0) is 24.3 Å². The molecule has 3 aromatic rings. The van der Waals surface area contributed by atoms with Crippen LogP contribution in [0.25, 0.3) is 10.9 Å². The average molecular weight is 265 g/mol. The first-order valence-corrected chi connectivity index (χ1v) is 6.47. The maximum absolute atomic E-state index is 12.4. The normalized spacial score (nSPS) is 10.7. The third-order valence-corrected chi connectivity index (χ3v) is 3.23. The highest BCUT2D eigenvalue weighted by molar-refractivity contribution is 5.97. The summed E-state index contributed by atoms with van der Waals surface area (Å²) >= 11 is 0. The highest BCUT2D eigenvalue weighted by atomic mass is 16.2. The summed E-state index contributed by atoms with van der Waals surface area (Å²) in [4.78, 5) is 21.4. The summed E-state index contributed by atoms with van der Waals surface area (Å²) in [7, 11) is 1.78. The molecule has 0 atom stereocenters. The highest BCUT2D eigenvalue weighted by Gasteiger charge is 2.14. The van der Waals surface area contributed by atoms with Crippen molar-refractivity contribution in [2.24, 2.45) is 0 Å². The molecule has 4 nitrogen and oxygen atoms in total. The monoisotopic (exact) mass is 265 g/mol. The van der Waals surface area contributed by atoms with Crippen molar-refractivity contribution in [1.82, 2.24) is 14.9 Å². The van der Waals surface area contributed by atoms with Crippen LogP contribution < -0.4 is 0 Å². The van der Waals surface area contributed by atoms with Gasteiger partial charge in [-0.25, -0.2) is 0 Å². The smallest absolute Gasteiger partial charge is 0.270 e. The summed E-state index contributed by atoms with van der Waals surface area (Å²) in [5.74, 6) is -0.0353. The second-order valence-corrected chi connectivity index (χ2v) is 4.75. The number of aromatic amines is 1. The number of hydrogen-bond acceptors (Lipinski definition) is 2. The van der Waals surface area contributed by atoms with Gasteiger partial charge in [-0.1, -0.05) is 24.3 Å². The molecule has 1 amide bonds. The molecule has 2 aromatic heterocycles. The molecular weight excluding hydrogens is 250 g/mol. The molecule has 0 saturated carbocycles. The zero-order chi connectivity index (χ0) is 13.9. The topological polar surface area (TPSA) is 49.0 Å². The first-order chi connectivity index (χ1) is 9.74. The van der Waals surface area contributed by atoms with Gasteiger partial charge in [0, 0.05) is 24.1 Å². The number of hydrogen-bond donors (Lipinski definition) is 1. The molecule has 0 aliphatic carbocycles. The van der Waals surface area contributed by atoms with Gasteiger partial charge >= 0.3 is 0 Å². The maximum atomic E-state index is 12.4. The van der Waals surface area contributed by atoms with Crippen LogP contribution in [0.15, 0.2) is 54.7 Å². The standard InChI is InChI=1S/C16H15N3O/c1-19(11-13-7-4-5-9-17-13)16(20)15-10-12-6-2-3-8-14(12)18-15/h2-10,18H,11H2,1H3. The van der Waals surface area contributed by atoms with E-state index in [0.717, 1.165) is 16.6 Å². The van der Waals surface area contributed by atoms with Gasteiger partial charge in [-0.2, -0.15) is 0 Å². The van der Waals surface area contributed by atoms with Gasteiger partial charge < -0.3 is 9.88 Å². The Morgan fingerprint density at radius 3 is 2.75 bits per heavy atom. The van der Waals surface area contributed by atoms with Gasteiger partial charge in [0.05, 0.1) is 12.2 Å². The summed E-state index contributed by atoms with van der Waals surface area (Å²) < 4.78 is 0. The minimum absolute atomic E-state index is 0.0353. The number of aromatic nitrogens is 2. The second kappa shape index (κ2) is 5.17. The third kappa shape index (κ3) is 2.40. The Kier molecular flexibility index (Phi) is 3.21. The lowest BCUT2D eigenvalue weighted by molar-refractivity contribution is 0.0778. The molecular formula is C16H15N3O. The number of nitrogens with one attached hydrogen (secondary N) is 1. The molecule has 0 unspecified atom stereocenters. The predicted molar refractivity (Wildman–Crippen MR) is 78.3 cm³/mol. The van der Waals surface area contributed by atoms with Crippen LogP contribution in [0.4, 0.5) is 0 Å². The summed E-state index contributed by atoms with van der Waals surface area (Å²) in [5.41, 5.74) is 2.45. The summed E-state index contributed by atoms with van der Waals surface area (Å²) in [6.07, 6.45) is 1.73. The van der Waals surface area contributed by atoms with Crippen LogP contribution in [0.2, 0.25) is 0 Å². The Balaban J connectivity index is 1.81. The molecule has 0 aliphatic heterocycles. The van der Waals surface area contributed by atoms with Crippen LogP contribution in [-0.2, 0) is 6.54 Å². The SMILES string of the molecule is CN(Cc1ccccn1)C(=O)c1cc2ccccc2[nH]1. The number of carbonyl (C=O) groups is 1. The van der Waals surface area contributed by atoms with E-state index in [-0.39, 0.29) is 5.91 Å². The number of para-hydroxylation sites is 1. The highest BCUT2D eigenvalue weighted by Crippen LogP contribution is 2.16. The van der Waals surface area contributed by atoms with Crippen molar-refractivity contribution >= 4 is 16.8 Å². The molecule has 0 spiro atoms. The van der Waals surface area contributed by atoms with E-state index in [9.17, 15) is 4.79 Å². The molecule has 0 bridgehead atoms. The van der Waals surface area contributed by atoms with E-state index in [1.54, 1.807) is 18.1 Å². The van der Waals surface area contributed by atoms with E-state index in [1.165, 1.54) is 0 Å². The zero-order valence-electron chi connectivity index (χ0n) is 11.2. The fourth-order valence-electron chi connectivity index (χ4n) is 2.20. The molecule has 0 aliphatic rings. The maximum Gasteiger partial charge on any atom is 0.270 e. The van der Waals surface area contributed by atoms with Crippen LogP contribution in [0.5, 0.6) is 0 Å². The van der Waals surface area contributed by atoms with Crippen LogP contribution >= 0.6 is 0 Å². The van der Waals surface area contributed by atoms with Gasteiger partial charge in [0.2, 0.25) is 0 Å². The lowest BCUT2D eigenvalue weighted by atomic mass is 10.2. The van der Waals surface area contributed by atoms with Crippen molar-refractivity contribution in [2.75, 3.05) is 7.05 Å².